The molecule has 4 aliphatic rings. The smallest absolute Gasteiger partial charge is 0.0554 e. The van der Waals surface area contributed by atoms with E-state index in [0.29, 0.717) is 0 Å². The fraction of sp³-hybridized carbons (Fsp3) is 1.00. The van der Waals surface area contributed by atoms with Gasteiger partial charge in [0.05, 0.1) is 52.4 Å². The van der Waals surface area contributed by atoms with Crippen LogP contribution in [0, 0.1) is 0 Å². The summed E-state index contributed by atoms with van der Waals surface area (Å²) < 4.78 is 0. The van der Waals surface area contributed by atoms with Gasteiger partial charge in [-0.1, -0.05) is 20.0 Å². The Labute approximate surface area is 104 Å². The van der Waals surface area contributed by atoms with E-state index in [1.54, 1.807) is 0 Å². The third-order valence-electron chi connectivity index (χ3n) is 4.85. The van der Waals surface area contributed by atoms with Gasteiger partial charge in [0.2, 0.25) is 0 Å². The second-order valence-electron chi connectivity index (χ2n) is 5.77. The molecule has 0 unspecified atom stereocenters. The maximum absolute atomic E-state index is 2.71. The molecule has 0 amide bonds. The summed E-state index contributed by atoms with van der Waals surface area (Å²) in [4.78, 5) is 1.00. The summed E-state index contributed by atoms with van der Waals surface area (Å²) in [5.41, 5.74) is 0. The summed E-state index contributed by atoms with van der Waals surface area (Å²) in [7, 11) is 0. The fourth-order valence-corrected chi connectivity index (χ4v) is 4.34. The number of rotatable bonds is 0. The van der Waals surface area contributed by atoms with Crippen molar-refractivity contribution in [1.82, 2.24) is 20.0 Å². The SMILES string of the molecule is C1CN2CCCN3CCCN4CCCN(C1)[N+]234. The quantitative estimate of drug-likeness (QED) is 0.562. The van der Waals surface area contributed by atoms with E-state index in [2.05, 4.69) is 20.0 Å². The minimum absolute atomic E-state index is 1.00. The summed E-state index contributed by atoms with van der Waals surface area (Å²) in [5, 5.41) is 10.9. The molecule has 0 saturated carbocycles. The number of nitrogens with zero attached hydrogens (tertiary/aromatic N) is 5. The lowest BCUT2D eigenvalue weighted by Crippen LogP contribution is -2.88. The molecular formula is C12H24N5+. The number of hydrogen-bond acceptors (Lipinski definition) is 4. The van der Waals surface area contributed by atoms with Crippen LogP contribution in [0.3, 0.4) is 0 Å². The predicted octanol–water partition coefficient (Wildman–Crippen LogP) is 0.286. The van der Waals surface area contributed by atoms with Crippen LogP contribution >= 0.6 is 0 Å². The third-order valence-corrected chi connectivity index (χ3v) is 4.85. The molecule has 0 aliphatic carbocycles. The van der Waals surface area contributed by atoms with E-state index < -0.39 is 0 Å². The van der Waals surface area contributed by atoms with Crippen LogP contribution in [0.5, 0.6) is 0 Å². The molecule has 0 radical (unpaired) electrons. The van der Waals surface area contributed by atoms with Gasteiger partial charge in [-0.3, -0.25) is 0 Å². The average molecular weight is 238 g/mol. The Hall–Kier alpha value is -0.200. The molecule has 96 valence electrons. The van der Waals surface area contributed by atoms with E-state index in [-0.39, 0.29) is 0 Å². The van der Waals surface area contributed by atoms with Crippen molar-refractivity contribution in [3.05, 3.63) is 0 Å². The molecule has 4 aliphatic heterocycles. The first-order chi connectivity index (χ1) is 8.42. The third kappa shape index (κ3) is 1.32. The Bertz CT molecular complexity index is 230. The molecule has 0 N–H and O–H groups in total. The highest BCUT2D eigenvalue weighted by Gasteiger charge is 2.59. The molecule has 0 aromatic rings. The van der Waals surface area contributed by atoms with Gasteiger partial charge in [-0.05, 0) is 30.6 Å². The molecule has 17 heavy (non-hydrogen) atoms. The first-order valence-electron chi connectivity index (χ1n) is 7.33. The van der Waals surface area contributed by atoms with Crippen molar-refractivity contribution in [1.29, 1.82) is 0 Å². The second-order valence-corrected chi connectivity index (χ2v) is 5.77. The van der Waals surface area contributed by atoms with Crippen molar-refractivity contribution in [3.63, 3.8) is 0 Å². The number of hydrogen-bond donors (Lipinski definition) is 0. The zero-order chi connectivity index (χ0) is 11.3. The summed E-state index contributed by atoms with van der Waals surface area (Å²) >= 11 is 0. The van der Waals surface area contributed by atoms with E-state index >= 15 is 0 Å². The molecule has 1 spiro atoms. The largest absolute Gasteiger partial charge is 0.0957 e. The monoisotopic (exact) mass is 238 g/mol. The maximum Gasteiger partial charge on any atom is 0.0554 e. The highest BCUT2D eigenvalue weighted by atomic mass is 16.3. The Kier molecular flexibility index (Phi) is 2.45. The maximum atomic E-state index is 2.71. The van der Waals surface area contributed by atoms with Gasteiger partial charge in [0.25, 0.3) is 0 Å². The van der Waals surface area contributed by atoms with Gasteiger partial charge in [0.15, 0.2) is 0 Å². The van der Waals surface area contributed by atoms with E-state index in [1.807, 2.05) is 0 Å². The zero-order valence-corrected chi connectivity index (χ0v) is 10.7. The van der Waals surface area contributed by atoms with Crippen molar-refractivity contribution in [2.24, 2.45) is 0 Å². The lowest BCUT2D eigenvalue weighted by atomic mass is 10.2. The number of quaternary nitrogens is 1. The molecule has 4 fully saturated rings. The Morgan fingerprint density at radius 3 is 0.882 bits per heavy atom. The van der Waals surface area contributed by atoms with Gasteiger partial charge in [-0.25, -0.2) is 0 Å². The summed E-state index contributed by atoms with van der Waals surface area (Å²) in [6, 6.07) is 0. The van der Waals surface area contributed by atoms with Crippen molar-refractivity contribution in [2.75, 3.05) is 52.4 Å². The molecule has 4 rings (SSSR count). The van der Waals surface area contributed by atoms with E-state index in [0.717, 1.165) is 4.92 Å². The van der Waals surface area contributed by atoms with Gasteiger partial charge in [-0.2, -0.15) is 0 Å². The van der Waals surface area contributed by atoms with Crippen LogP contribution in [0.25, 0.3) is 0 Å². The van der Waals surface area contributed by atoms with E-state index in [1.165, 1.54) is 78.0 Å². The Morgan fingerprint density at radius 1 is 0.412 bits per heavy atom. The van der Waals surface area contributed by atoms with Crippen LogP contribution in [0.2, 0.25) is 0 Å². The normalized spacial score (nSPS) is 35.3. The van der Waals surface area contributed by atoms with Gasteiger partial charge in [0, 0.05) is 0 Å². The van der Waals surface area contributed by atoms with Crippen molar-refractivity contribution >= 4 is 0 Å². The fourth-order valence-electron chi connectivity index (χ4n) is 4.34. The van der Waals surface area contributed by atoms with Gasteiger partial charge >= 0.3 is 0 Å². The zero-order valence-electron chi connectivity index (χ0n) is 10.7. The van der Waals surface area contributed by atoms with Crippen LogP contribution in [0.1, 0.15) is 25.7 Å². The first kappa shape index (κ1) is 10.7. The van der Waals surface area contributed by atoms with Crippen LogP contribution in [0.15, 0.2) is 0 Å². The second kappa shape index (κ2) is 3.90. The standard InChI is InChI=1S/C12H24N5/c1-5-13-7-2-9-15-11-4-12-16-10-3-8-14(6-1)17(13,15)16/h1-12H2/q+1. The molecule has 4 heterocycles. The lowest BCUT2D eigenvalue weighted by molar-refractivity contribution is -1.30. The van der Waals surface area contributed by atoms with E-state index in [9.17, 15) is 0 Å². The van der Waals surface area contributed by atoms with E-state index in [4.69, 9.17) is 0 Å². The topological polar surface area (TPSA) is 13.0 Å². The molecule has 0 aromatic carbocycles. The van der Waals surface area contributed by atoms with Crippen molar-refractivity contribution in [2.45, 2.75) is 25.7 Å². The summed E-state index contributed by atoms with van der Waals surface area (Å²) in [5.74, 6) is 0. The lowest BCUT2D eigenvalue weighted by Gasteiger charge is -2.64. The van der Waals surface area contributed by atoms with Crippen LogP contribution < -0.4 is 0 Å². The predicted molar refractivity (Wildman–Crippen MR) is 65.0 cm³/mol. The minimum Gasteiger partial charge on any atom is -0.0957 e. The highest BCUT2D eigenvalue weighted by Crippen LogP contribution is 2.37. The van der Waals surface area contributed by atoms with Crippen LogP contribution in [-0.4, -0.2) is 77.3 Å². The van der Waals surface area contributed by atoms with Crippen molar-refractivity contribution < 1.29 is 4.92 Å². The minimum atomic E-state index is 1.00. The summed E-state index contributed by atoms with van der Waals surface area (Å²) in [6.07, 6.45) is 5.40. The van der Waals surface area contributed by atoms with Crippen molar-refractivity contribution in [3.8, 4) is 0 Å². The van der Waals surface area contributed by atoms with Gasteiger partial charge in [-0.15, -0.1) is 0 Å². The molecule has 0 bridgehead atoms. The Balaban J connectivity index is 1.78. The van der Waals surface area contributed by atoms with Gasteiger partial charge < -0.3 is 0 Å². The molecule has 5 nitrogen and oxygen atoms in total. The molecule has 0 aromatic heterocycles. The highest BCUT2D eigenvalue weighted by molar-refractivity contribution is 4.71. The molecule has 4 saturated heterocycles. The summed E-state index contributed by atoms with van der Waals surface area (Å²) in [6.45, 7) is 10.2. The molecular weight excluding hydrogens is 214 g/mol. The molecule has 5 heteroatoms. The van der Waals surface area contributed by atoms with Gasteiger partial charge in [0.1, 0.15) is 0 Å². The average Bonchev–Trinajstić information content (AvgIpc) is 2.39. The van der Waals surface area contributed by atoms with Crippen LogP contribution in [0.4, 0.5) is 0 Å². The van der Waals surface area contributed by atoms with Crippen LogP contribution in [-0.2, 0) is 0 Å². The molecule has 0 atom stereocenters. The Morgan fingerprint density at radius 2 is 0.647 bits per heavy atom. The first-order valence-corrected chi connectivity index (χ1v) is 7.33.